The number of nitrogens with zero attached hydrogens (tertiary/aromatic N) is 1. The summed E-state index contributed by atoms with van der Waals surface area (Å²) in [5, 5.41) is 3.59. The number of aromatic amines is 1. The molecule has 4 heteroatoms. The van der Waals surface area contributed by atoms with Crippen LogP contribution in [0.15, 0.2) is 36.7 Å². The second-order valence-corrected chi connectivity index (χ2v) is 4.60. The van der Waals surface area contributed by atoms with Crippen LogP contribution in [-0.2, 0) is 0 Å². The average Bonchev–Trinajstić information content (AvgIpc) is 2.99. The first-order valence-corrected chi connectivity index (χ1v) is 6.63. The minimum absolute atomic E-state index is 0.196. The van der Waals surface area contributed by atoms with Gasteiger partial charge in [0.05, 0.1) is 13.2 Å². The fraction of sp³-hybridized carbons (Fsp3) is 0.400. The van der Waals surface area contributed by atoms with Crippen LogP contribution < -0.4 is 10.1 Å². The third-order valence-electron chi connectivity index (χ3n) is 3.31. The lowest BCUT2D eigenvalue weighted by Gasteiger charge is -2.21. The smallest absolute Gasteiger partial charge is 0.122 e. The van der Waals surface area contributed by atoms with Crippen molar-refractivity contribution < 1.29 is 4.74 Å². The number of methoxy groups -OCH3 is 1. The second kappa shape index (κ2) is 6.38. The van der Waals surface area contributed by atoms with Crippen molar-refractivity contribution >= 4 is 0 Å². The van der Waals surface area contributed by atoms with Gasteiger partial charge in [-0.1, -0.05) is 19.1 Å². The Hall–Kier alpha value is -1.81. The number of H-pyrrole nitrogens is 1. The summed E-state index contributed by atoms with van der Waals surface area (Å²) in [6.45, 7) is 4.29. The van der Waals surface area contributed by atoms with Crippen LogP contribution in [0.25, 0.3) is 0 Å². The van der Waals surface area contributed by atoms with Gasteiger partial charge in [0.25, 0.3) is 0 Å². The van der Waals surface area contributed by atoms with E-state index < -0.39 is 0 Å². The molecule has 0 saturated carbocycles. The minimum atomic E-state index is 0.196. The molecule has 0 spiro atoms. The number of rotatable bonds is 6. The highest BCUT2D eigenvalue weighted by atomic mass is 16.5. The average molecular weight is 259 g/mol. The van der Waals surface area contributed by atoms with Crippen LogP contribution in [0.1, 0.15) is 43.7 Å². The van der Waals surface area contributed by atoms with Gasteiger partial charge in [0.15, 0.2) is 0 Å². The molecular weight excluding hydrogens is 238 g/mol. The van der Waals surface area contributed by atoms with E-state index in [9.17, 15) is 0 Å². The van der Waals surface area contributed by atoms with E-state index in [0.717, 1.165) is 18.0 Å². The SMILES string of the molecule is CCC(NC(C)c1ncc[nH]1)c1ccc(OC)cc1. The Morgan fingerprint density at radius 3 is 2.58 bits per heavy atom. The number of hydrogen-bond acceptors (Lipinski definition) is 3. The standard InChI is InChI=1S/C15H21N3O/c1-4-14(12-5-7-13(19-3)8-6-12)18-11(2)15-16-9-10-17-15/h5-11,14,18H,4H2,1-3H3,(H,16,17). The summed E-state index contributed by atoms with van der Waals surface area (Å²) in [6.07, 6.45) is 4.65. The van der Waals surface area contributed by atoms with Crippen molar-refractivity contribution in [3.05, 3.63) is 48.0 Å². The van der Waals surface area contributed by atoms with E-state index >= 15 is 0 Å². The quantitative estimate of drug-likeness (QED) is 0.837. The van der Waals surface area contributed by atoms with Crippen LogP contribution in [-0.4, -0.2) is 17.1 Å². The first kappa shape index (κ1) is 13.6. The molecule has 19 heavy (non-hydrogen) atoms. The Balaban J connectivity index is 2.06. The number of nitrogens with one attached hydrogen (secondary N) is 2. The molecule has 0 saturated heterocycles. The monoisotopic (exact) mass is 259 g/mol. The van der Waals surface area contributed by atoms with Crippen LogP contribution in [0.3, 0.4) is 0 Å². The molecule has 0 bridgehead atoms. The Kier molecular flexibility index (Phi) is 4.58. The predicted octanol–water partition coefficient (Wildman–Crippen LogP) is 3.22. The zero-order chi connectivity index (χ0) is 13.7. The van der Waals surface area contributed by atoms with Crippen LogP contribution in [0.4, 0.5) is 0 Å². The van der Waals surface area contributed by atoms with Crippen molar-refractivity contribution in [2.75, 3.05) is 7.11 Å². The van der Waals surface area contributed by atoms with E-state index in [-0.39, 0.29) is 6.04 Å². The van der Waals surface area contributed by atoms with Gasteiger partial charge >= 0.3 is 0 Å². The highest BCUT2D eigenvalue weighted by Crippen LogP contribution is 2.22. The van der Waals surface area contributed by atoms with Gasteiger partial charge in [-0.3, -0.25) is 0 Å². The zero-order valence-corrected chi connectivity index (χ0v) is 11.7. The summed E-state index contributed by atoms with van der Waals surface area (Å²) >= 11 is 0. The van der Waals surface area contributed by atoms with E-state index in [1.807, 2.05) is 18.3 Å². The summed E-state index contributed by atoms with van der Waals surface area (Å²) in [5.74, 6) is 1.85. The molecule has 2 aromatic rings. The van der Waals surface area contributed by atoms with Crippen molar-refractivity contribution in [3.8, 4) is 5.75 Å². The summed E-state index contributed by atoms with van der Waals surface area (Å²) in [5.41, 5.74) is 1.27. The fourth-order valence-corrected chi connectivity index (χ4v) is 2.18. The number of aromatic nitrogens is 2. The predicted molar refractivity (Wildman–Crippen MR) is 76.2 cm³/mol. The zero-order valence-electron chi connectivity index (χ0n) is 11.7. The molecule has 102 valence electrons. The molecule has 1 heterocycles. The molecule has 2 rings (SSSR count). The van der Waals surface area contributed by atoms with Gasteiger partial charge in [-0.25, -0.2) is 4.98 Å². The summed E-state index contributed by atoms with van der Waals surface area (Å²) in [4.78, 5) is 7.43. The van der Waals surface area contributed by atoms with Gasteiger partial charge in [0, 0.05) is 18.4 Å². The first-order chi connectivity index (χ1) is 9.24. The number of ether oxygens (including phenoxy) is 1. The van der Waals surface area contributed by atoms with E-state index in [2.05, 4.69) is 41.3 Å². The van der Waals surface area contributed by atoms with Crippen molar-refractivity contribution in [2.45, 2.75) is 32.4 Å². The van der Waals surface area contributed by atoms with Crippen LogP contribution in [0, 0.1) is 0 Å². The third kappa shape index (κ3) is 3.35. The Labute approximate surface area is 114 Å². The maximum Gasteiger partial charge on any atom is 0.122 e. The van der Waals surface area contributed by atoms with Gasteiger partial charge in [-0.15, -0.1) is 0 Å². The largest absolute Gasteiger partial charge is 0.497 e. The molecule has 0 amide bonds. The lowest BCUT2D eigenvalue weighted by Crippen LogP contribution is -2.25. The fourth-order valence-electron chi connectivity index (χ4n) is 2.18. The molecule has 2 atom stereocenters. The van der Waals surface area contributed by atoms with Crippen molar-refractivity contribution in [3.63, 3.8) is 0 Å². The maximum absolute atomic E-state index is 5.19. The van der Waals surface area contributed by atoms with Gasteiger partial charge in [0.1, 0.15) is 11.6 Å². The minimum Gasteiger partial charge on any atom is -0.497 e. The highest BCUT2D eigenvalue weighted by Gasteiger charge is 2.15. The number of hydrogen-bond donors (Lipinski definition) is 2. The van der Waals surface area contributed by atoms with Crippen LogP contribution in [0.5, 0.6) is 5.75 Å². The lowest BCUT2D eigenvalue weighted by atomic mass is 10.0. The second-order valence-electron chi connectivity index (χ2n) is 4.60. The molecule has 2 N–H and O–H groups in total. The topological polar surface area (TPSA) is 49.9 Å². The highest BCUT2D eigenvalue weighted by molar-refractivity contribution is 5.29. The lowest BCUT2D eigenvalue weighted by molar-refractivity contribution is 0.413. The Morgan fingerprint density at radius 2 is 2.05 bits per heavy atom. The van der Waals surface area contributed by atoms with Crippen LogP contribution in [0.2, 0.25) is 0 Å². The Morgan fingerprint density at radius 1 is 1.32 bits per heavy atom. The van der Waals surface area contributed by atoms with Crippen molar-refractivity contribution in [2.24, 2.45) is 0 Å². The van der Waals surface area contributed by atoms with E-state index in [1.165, 1.54) is 5.56 Å². The first-order valence-electron chi connectivity index (χ1n) is 6.63. The summed E-state index contributed by atoms with van der Waals surface area (Å²) in [6, 6.07) is 8.71. The Bertz CT molecular complexity index is 479. The van der Waals surface area contributed by atoms with Crippen LogP contribution >= 0.6 is 0 Å². The van der Waals surface area contributed by atoms with Crippen molar-refractivity contribution in [1.82, 2.24) is 15.3 Å². The third-order valence-corrected chi connectivity index (χ3v) is 3.31. The van der Waals surface area contributed by atoms with Gasteiger partial charge in [0.2, 0.25) is 0 Å². The van der Waals surface area contributed by atoms with Gasteiger partial charge in [-0.2, -0.15) is 0 Å². The molecule has 4 nitrogen and oxygen atoms in total. The molecule has 2 unspecified atom stereocenters. The van der Waals surface area contributed by atoms with E-state index in [4.69, 9.17) is 4.74 Å². The molecule has 1 aromatic heterocycles. The number of imidazole rings is 1. The van der Waals surface area contributed by atoms with Gasteiger partial charge in [-0.05, 0) is 31.0 Å². The molecule has 1 aromatic carbocycles. The molecular formula is C15H21N3O. The number of benzene rings is 1. The molecule has 0 radical (unpaired) electrons. The summed E-state index contributed by atoms with van der Waals surface area (Å²) in [7, 11) is 1.68. The molecule has 0 fully saturated rings. The maximum atomic E-state index is 5.19. The normalized spacial score (nSPS) is 14.1. The van der Waals surface area contributed by atoms with E-state index in [0.29, 0.717) is 6.04 Å². The molecule has 0 aliphatic carbocycles. The van der Waals surface area contributed by atoms with Crippen molar-refractivity contribution in [1.29, 1.82) is 0 Å². The summed E-state index contributed by atoms with van der Waals surface area (Å²) < 4.78 is 5.19. The van der Waals surface area contributed by atoms with Gasteiger partial charge < -0.3 is 15.0 Å². The molecule has 0 aliphatic rings. The molecule has 0 aliphatic heterocycles. The van der Waals surface area contributed by atoms with E-state index in [1.54, 1.807) is 13.3 Å².